The summed E-state index contributed by atoms with van der Waals surface area (Å²) in [6.45, 7) is 0. The van der Waals surface area contributed by atoms with Crippen molar-refractivity contribution in [3.05, 3.63) is 70.6 Å². The first-order valence-corrected chi connectivity index (χ1v) is 11.4. The molecule has 0 radical (unpaired) electrons. The lowest BCUT2D eigenvalue weighted by molar-refractivity contribution is 0.0547. The van der Waals surface area contributed by atoms with Crippen molar-refractivity contribution in [2.45, 2.75) is 12.5 Å². The monoisotopic (exact) mass is 445 g/mol. The maximum Gasteiger partial charge on any atom is 0.262 e. The molecule has 154 valence electrons. The Morgan fingerprint density at radius 2 is 1.63 bits per heavy atom. The number of rotatable bonds is 6. The van der Waals surface area contributed by atoms with E-state index < -0.39 is 27.7 Å². The van der Waals surface area contributed by atoms with Gasteiger partial charge in [0.1, 0.15) is 15.9 Å². The molecule has 10 heteroatoms. The maximum absolute atomic E-state index is 12.9. The van der Waals surface area contributed by atoms with Crippen LogP contribution in [0.3, 0.4) is 0 Å². The Morgan fingerprint density at radius 3 is 2.20 bits per heavy atom. The molecule has 1 aliphatic heterocycles. The minimum absolute atomic E-state index is 0.0156. The number of carbonyl (C=O) groups is 2. The fraction of sp³-hybridized carbons (Fsp3) is 0.200. The molecule has 4 rings (SSSR count). The van der Waals surface area contributed by atoms with Crippen LogP contribution < -0.4 is 0 Å². The molecule has 2 heterocycles. The van der Waals surface area contributed by atoms with Gasteiger partial charge in [-0.3, -0.25) is 14.5 Å². The van der Waals surface area contributed by atoms with Crippen LogP contribution in [0.1, 0.15) is 39.1 Å². The third kappa shape index (κ3) is 3.86. The molecule has 0 bridgehead atoms. The van der Waals surface area contributed by atoms with Gasteiger partial charge in [-0.1, -0.05) is 28.9 Å². The standard InChI is InChI=1S/C20H16ClN3O5S/c1-30(27,28)11-10-16(24-19(25)14-4-2-3-5-15(14)20(24)26)18-22-17(23-29-18)12-6-8-13(21)9-7-12/h2-9,16H,10-11H2,1H3/t16-/m0/s1. The minimum atomic E-state index is -3.36. The van der Waals surface area contributed by atoms with Gasteiger partial charge in [-0.2, -0.15) is 4.98 Å². The number of hydrogen-bond donors (Lipinski definition) is 0. The SMILES string of the molecule is CS(=O)(=O)CC[C@@H](c1nc(-c2ccc(Cl)cc2)no1)N1C(=O)c2ccccc2C1=O. The van der Waals surface area contributed by atoms with Gasteiger partial charge in [-0.25, -0.2) is 8.42 Å². The number of imide groups is 1. The second kappa shape index (κ2) is 7.66. The summed E-state index contributed by atoms with van der Waals surface area (Å²) in [6.07, 6.45) is 1.02. The van der Waals surface area contributed by atoms with Gasteiger partial charge in [-0.05, 0) is 42.8 Å². The zero-order chi connectivity index (χ0) is 21.5. The van der Waals surface area contributed by atoms with Crippen molar-refractivity contribution in [1.82, 2.24) is 15.0 Å². The number of benzene rings is 2. The van der Waals surface area contributed by atoms with E-state index >= 15 is 0 Å². The van der Waals surface area contributed by atoms with E-state index in [0.29, 0.717) is 10.6 Å². The third-order valence-electron chi connectivity index (χ3n) is 4.73. The van der Waals surface area contributed by atoms with Crippen LogP contribution >= 0.6 is 11.6 Å². The Labute approximate surface area is 177 Å². The molecule has 3 aromatic rings. The lowest BCUT2D eigenvalue weighted by atomic mass is 10.1. The number of hydrogen-bond acceptors (Lipinski definition) is 7. The number of carbonyl (C=O) groups excluding carboxylic acids is 2. The summed E-state index contributed by atoms with van der Waals surface area (Å²) in [7, 11) is -3.36. The van der Waals surface area contributed by atoms with Gasteiger partial charge >= 0.3 is 0 Å². The molecule has 0 saturated carbocycles. The van der Waals surface area contributed by atoms with Crippen molar-refractivity contribution in [2.24, 2.45) is 0 Å². The van der Waals surface area contributed by atoms with Gasteiger partial charge in [0.05, 0.1) is 16.9 Å². The Bertz CT molecular complexity index is 1200. The van der Waals surface area contributed by atoms with Crippen molar-refractivity contribution >= 4 is 33.3 Å². The molecule has 1 aromatic heterocycles. The number of aromatic nitrogens is 2. The maximum atomic E-state index is 12.9. The van der Waals surface area contributed by atoms with Crippen LogP contribution in [0.5, 0.6) is 0 Å². The van der Waals surface area contributed by atoms with Crippen molar-refractivity contribution in [3.8, 4) is 11.4 Å². The van der Waals surface area contributed by atoms with E-state index in [2.05, 4.69) is 10.1 Å². The molecule has 1 atom stereocenters. The van der Waals surface area contributed by atoms with Crippen molar-refractivity contribution in [1.29, 1.82) is 0 Å². The molecular formula is C20H16ClN3O5S. The predicted octanol–water partition coefficient (Wildman–Crippen LogP) is 3.16. The summed E-state index contributed by atoms with van der Waals surface area (Å²) in [6, 6.07) is 12.1. The van der Waals surface area contributed by atoms with Crippen LogP contribution in [0.15, 0.2) is 53.1 Å². The summed E-state index contributed by atoms with van der Waals surface area (Å²) in [5.74, 6) is -1.09. The van der Waals surface area contributed by atoms with Gasteiger partial charge in [0.15, 0.2) is 0 Å². The highest BCUT2D eigenvalue weighted by Gasteiger charge is 2.42. The van der Waals surface area contributed by atoms with Gasteiger partial charge < -0.3 is 4.52 Å². The van der Waals surface area contributed by atoms with Gasteiger partial charge in [-0.15, -0.1) is 0 Å². The molecule has 8 nitrogen and oxygen atoms in total. The highest BCUT2D eigenvalue weighted by molar-refractivity contribution is 7.90. The minimum Gasteiger partial charge on any atom is -0.337 e. The zero-order valence-corrected chi connectivity index (χ0v) is 17.4. The average Bonchev–Trinajstić information content (AvgIpc) is 3.28. The first-order chi connectivity index (χ1) is 14.2. The largest absolute Gasteiger partial charge is 0.337 e. The van der Waals surface area contributed by atoms with E-state index in [1.165, 1.54) is 0 Å². The molecule has 0 spiro atoms. The van der Waals surface area contributed by atoms with Crippen LogP contribution in [-0.4, -0.2) is 47.3 Å². The van der Waals surface area contributed by atoms with Crippen LogP contribution in [0.25, 0.3) is 11.4 Å². The second-order valence-corrected chi connectivity index (χ2v) is 9.62. The molecule has 0 aliphatic carbocycles. The van der Waals surface area contributed by atoms with E-state index in [1.807, 2.05) is 0 Å². The second-order valence-electron chi connectivity index (χ2n) is 6.92. The van der Waals surface area contributed by atoms with Crippen LogP contribution in [0.4, 0.5) is 0 Å². The van der Waals surface area contributed by atoms with E-state index in [9.17, 15) is 18.0 Å². The molecule has 0 saturated heterocycles. The molecule has 0 N–H and O–H groups in total. The van der Waals surface area contributed by atoms with Gasteiger partial charge in [0.25, 0.3) is 11.8 Å². The van der Waals surface area contributed by atoms with Crippen LogP contribution in [0, 0.1) is 0 Å². The van der Waals surface area contributed by atoms with E-state index in [0.717, 1.165) is 11.2 Å². The Kier molecular flexibility index (Phi) is 5.17. The molecule has 0 unspecified atom stereocenters. The van der Waals surface area contributed by atoms with Crippen LogP contribution in [-0.2, 0) is 9.84 Å². The van der Waals surface area contributed by atoms with Gasteiger partial charge in [0, 0.05) is 16.8 Å². The summed E-state index contributed by atoms with van der Waals surface area (Å²) in [4.78, 5) is 31.1. The number of sulfone groups is 1. The normalized spacial score (nSPS) is 14.8. The van der Waals surface area contributed by atoms with E-state index in [1.54, 1.807) is 48.5 Å². The summed E-state index contributed by atoms with van der Waals surface area (Å²) in [5.41, 5.74) is 1.13. The predicted molar refractivity (Wildman–Crippen MR) is 109 cm³/mol. The lowest BCUT2D eigenvalue weighted by Crippen LogP contribution is -2.35. The Morgan fingerprint density at radius 1 is 1.03 bits per heavy atom. The van der Waals surface area contributed by atoms with E-state index in [4.69, 9.17) is 16.1 Å². The first kappa shape index (κ1) is 20.2. The number of fused-ring (bicyclic) bond motifs is 1. The summed E-state index contributed by atoms with van der Waals surface area (Å²) >= 11 is 5.90. The van der Waals surface area contributed by atoms with Gasteiger partial charge in [0.2, 0.25) is 11.7 Å². The number of nitrogens with zero attached hydrogens (tertiary/aromatic N) is 3. The van der Waals surface area contributed by atoms with E-state index in [-0.39, 0.29) is 35.0 Å². The average molecular weight is 446 g/mol. The zero-order valence-electron chi connectivity index (χ0n) is 15.8. The van der Waals surface area contributed by atoms with Crippen LogP contribution in [0.2, 0.25) is 5.02 Å². The van der Waals surface area contributed by atoms with Crippen molar-refractivity contribution < 1.29 is 22.5 Å². The quantitative estimate of drug-likeness (QED) is 0.536. The third-order valence-corrected chi connectivity index (χ3v) is 5.96. The Balaban J connectivity index is 1.72. The summed E-state index contributed by atoms with van der Waals surface area (Å²) < 4.78 is 28.9. The fourth-order valence-corrected chi connectivity index (χ4v) is 4.04. The molecule has 30 heavy (non-hydrogen) atoms. The number of amides is 2. The highest BCUT2D eigenvalue weighted by atomic mass is 35.5. The molecular weight excluding hydrogens is 430 g/mol. The molecule has 1 aliphatic rings. The topological polar surface area (TPSA) is 110 Å². The molecule has 0 fully saturated rings. The molecule has 2 amide bonds. The Hall–Kier alpha value is -3.04. The van der Waals surface area contributed by atoms with Crippen molar-refractivity contribution in [3.63, 3.8) is 0 Å². The lowest BCUT2D eigenvalue weighted by Gasteiger charge is -2.22. The highest BCUT2D eigenvalue weighted by Crippen LogP contribution is 2.34. The fourth-order valence-electron chi connectivity index (χ4n) is 3.27. The summed E-state index contributed by atoms with van der Waals surface area (Å²) in [5, 5.41) is 4.47. The molecule has 2 aromatic carbocycles. The van der Waals surface area contributed by atoms with Crippen molar-refractivity contribution in [2.75, 3.05) is 12.0 Å². The first-order valence-electron chi connectivity index (χ1n) is 8.99. The smallest absolute Gasteiger partial charge is 0.262 e. The number of halogens is 1.